The lowest BCUT2D eigenvalue weighted by atomic mass is 9.96. The minimum Gasteiger partial charge on any atom is -0.322 e. The number of carbonyl (C=O) groups is 3. The van der Waals surface area contributed by atoms with Gasteiger partial charge in [-0.2, -0.15) is 4.57 Å². The molecular weight excluding hydrogens is 378 g/mol. The van der Waals surface area contributed by atoms with Gasteiger partial charge in [-0.25, -0.2) is 0 Å². The van der Waals surface area contributed by atoms with Crippen molar-refractivity contribution in [1.29, 1.82) is 0 Å². The maximum absolute atomic E-state index is 13.2. The molecule has 2 aromatic carbocycles. The fourth-order valence-electron chi connectivity index (χ4n) is 3.60. The molecule has 3 aromatic rings. The Morgan fingerprint density at radius 2 is 1.50 bits per heavy atom. The fraction of sp³-hybridized carbons (Fsp3) is 0.167. The predicted molar refractivity (Wildman–Crippen MR) is 113 cm³/mol. The summed E-state index contributed by atoms with van der Waals surface area (Å²) in [7, 11) is 0. The number of anilines is 2. The molecule has 1 aromatic heterocycles. The Kier molecular flexibility index (Phi) is 4.91. The van der Waals surface area contributed by atoms with Gasteiger partial charge < -0.3 is 5.32 Å². The highest BCUT2D eigenvalue weighted by molar-refractivity contribution is 6.13. The number of carbonyl (C=O) groups excluding carboxylic acids is 3. The average molecular weight is 400 g/mol. The zero-order valence-corrected chi connectivity index (χ0v) is 16.8. The number of hydrogen-bond donors (Lipinski definition) is 1. The van der Waals surface area contributed by atoms with E-state index in [1.54, 1.807) is 61.1 Å². The molecule has 30 heavy (non-hydrogen) atoms. The lowest BCUT2D eigenvalue weighted by molar-refractivity contribution is -0.684. The summed E-state index contributed by atoms with van der Waals surface area (Å²) in [6.07, 6.45) is 3.41. The molecule has 0 bridgehead atoms. The maximum Gasteiger partial charge on any atom is 0.293 e. The first-order valence-corrected chi connectivity index (χ1v) is 9.70. The minimum absolute atomic E-state index is 0.0465. The Morgan fingerprint density at radius 1 is 0.900 bits per heavy atom. The minimum atomic E-state index is -1.02. The first-order chi connectivity index (χ1) is 14.4. The van der Waals surface area contributed by atoms with Crippen LogP contribution in [0.3, 0.4) is 0 Å². The van der Waals surface area contributed by atoms with Gasteiger partial charge in [-0.05, 0) is 26.0 Å². The Hall–Kier alpha value is -3.80. The molecule has 6 nitrogen and oxygen atoms in total. The maximum atomic E-state index is 13.2. The Morgan fingerprint density at radius 3 is 2.20 bits per heavy atom. The third kappa shape index (κ3) is 3.48. The first-order valence-electron chi connectivity index (χ1n) is 9.70. The van der Waals surface area contributed by atoms with Crippen LogP contribution in [0.2, 0.25) is 0 Å². The SMILES string of the molecule is CC1(C)C(=O)Nc2ccccc2N1C(=O)C[n+]1ccc(C(=O)c2ccccc2)cc1. The molecule has 0 saturated carbocycles. The van der Waals surface area contributed by atoms with Crippen molar-refractivity contribution in [2.24, 2.45) is 0 Å². The van der Waals surface area contributed by atoms with Crippen LogP contribution in [0.25, 0.3) is 0 Å². The van der Waals surface area contributed by atoms with E-state index < -0.39 is 5.54 Å². The molecule has 0 fully saturated rings. The predicted octanol–water partition coefficient (Wildman–Crippen LogP) is 2.97. The molecule has 0 spiro atoms. The third-order valence-corrected chi connectivity index (χ3v) is 5.26. The van der Waals surface area contributed by atoms with E-state index >= 15 is 0 Å². The quantitative estimate of drug-likeness (QED) is 0.541. The average Bonchev–Trinajstić information content (AvgIpc) is 2.75. The molecule has 4 rings (SSSR count). The molecule has 0 unspecified atom stereocenters. The van der Waals surface area contributed by atoms with Crippen molar-refractivity contribution >= 4 is 29.0 Å². The molecule has 2 heterocycles. The van der Waals surface area contributed by atoms with Crippen molar-refractivity contribution in [2.75, 3.05) is 10.2 Å². The number of pyridine rings is 1. The van der Waals surface area contributed by atoms with Crippen LogP contribution in [0.5, 0.6) is 0 Å². The highest BCUT2D eigenvalue weighted by Gasteiger charge is 2.44. The van der Waals surface area contributed by atoms with E-state index in [1.807, 2.05) is 36.4 Å². The normalized spacial score (nSPS) is 14.6. The zero-order valence-electron chi connectivity index (χ0n) is 16.8. The van der Waals surface area contributed by atoms with Gasteiger partial charge in [-0.15, -0.1) is 0 Å². The lowest BCUT2D eigenvalue weighted by Gasteiger charge is -2.41. The van der Waals surface area contributed by atoms with E-state index in [1.165, 1.54) is 4.90 Å². The van der Waals surface area contributed by atoms with Crippen molar-refractivity contribution in [2.45, 2.75) is 25.9 Å². The largest absolute Gasteiger partial charge is 0.322 e. The van der Waals surface area contributed by atoms with Gasteiger partial charge in [0.25, 0.3) is 5.91 Å². The van der Waals surface area contributed by atoms with Crippen molar-refractivity contribution < 1.29 is 19.0 Å². The molecule has 2 amide bonds. The summed E-state index contributed by atoms with van der Waals surface area (Å²) in [5.41, 5.74) is 1.43. The van der Waals surface area contributed by atoms with Gasteiger partial charge in [-0.1, -0.05) is 42.5 Å². The van der Waals surface area contributed by atoms with Gasteiger partial charge in [0.2, 0.25) is 12.5 Å². The van der Waals surface area contributed by atoms with Crippen LogP contribution in [0.1, 0.15) is 29.8 Å². The van der Waals surface area contributed by atoms with E-state index in [4.69, 9.17) is 0 Å². The molecule has 1 aliphatic rings. The number of rotatable bonds is 4. The van der Waals surface area contributed by atoms with Crippen LogP contribution in [0, 0.1) is 0 Å². The van der Waals surface area contributed by atoms with E-state index in [9.17, 15) is 14.4 Å². The van der Waals surface area contributed by atoms with Crippen molar-refractivity contribution in [3.05, 3.63) is 90.3 Å². The van der Waals surface area contributed by atoms with Crippen molar-refractivity contribution in [1.82, 2.24) is 0 Å². The smallest absolute Gasteiger partial charge is 0.293 e. The van der Waals surface area contributed by atoms with Crippen LogP contribution >= 0.6 is 0 Å². The summed E-state index contributed by atoms with van der Waals surface area (Å²) >= 11 is 0. The molecule has 1 aliphatic heterocycles. The van der Waals surface area contributed by atoms with Gasteiger partial charge in [0.05, 0.1) is 11.4 Å². The monoisotopic (exact) mass is 400 g/mol. The second-order valence-corrected chi connectivity index (χ2v) is 7.71. The number of amides is 2. The van der Waals surface area contributed by atoms with E-state index in [0.29, 0.717) is 22.5 Å². The van der Waals surface area contributed by atoms with Gasteiger partial charge >= 0.3 is 0 Å². The summed E-state index contributed by atoms with van der Waals surface area (Å²) in [6, 6.07) is 19.7. The van der Waals surface area contributed by atoms with Crippen LogP contribution in [0.15, 0.2) is 79.1 Å². The van der Waals surface area contributed by atoms with Crippen LogP contribution in [-0.2, 0) is 16.1 Å². The number of ketones is 1. The van der Waals surface area contributed by atoms with Gasteiger partial charge in [0, 0.05) is 23.3 Å². The van der Waals surface area contributed by atoms with Gasteiger partial charge in [0.1, 0.15) is 5.54 Å². The first kappa shape index (κ1) is 19.5. The molecule has 0 saturated heterocycles. The molecule has 1 N–H and O–H groups in total. The summed E-state index contributed by atoms with van der Waals surface area (Å²) < 4.78 is 1.70. The number of nitrogens with zero attached hydrogens (tertiary/aromatic N) is 2. The number of benzene rings is 2. The Balaban J connectivity index is 1.57. The van der Waals surface area contributed by atoms with E-state index in [2.05, 4.69) is 5.32 Å². The number of hydrogen-bond acceptors (Lipinski definition) is 3. The number of fused-ring (bicyclic) bond motifs is 1. The summed E-state index contributed by atoms with van der Waals surface area (Å²) in [6.45, 7) is 3.50. The van der Waals surface area contributed by atoms with E-state index in [0.717, 1.165) is 0 Å². The zero-order chi connectivity index (χ0) is 21.3. The van der Waals surface area contributed by atoms with Crippen molar-refractivity contribution in [3.8, 4) is 0 Å². The van der Waals surface area contributed by atoms with Crippen LogP contribution in [-0.4, -0.2) is 23.1 Å². The van der Waals surface area contributed by atoms with Crippen molar-refractivity contribution in [3.63, 3.8) is 0 Å². The molecule has 6 heteroatoms. The van der Waals surface area contributed by atoms with E-state index in [-0.39, 0.29) is 24.1 Å². The summed E-state index contributed by atoms with van der Waals surface area (Å²) in [5.74, 6) is -0.519. The Bertz CT molecular complexity index is 1120. The number of para-hydroxylation sites is 2. The highest BCUT2D eigenvalue weighted by atomic mass is 16.2. The second kappa shape index (κ2) is 7.55. The summed E-state index contributed by atoms with van der Waals surface area (Å²) in [4.78, 5) is 39.8. The molecule has 150 valence electrons. The van der Waals surface area contributed by atoms with Gasteiger partial charge in [-0.3, -0.25) is 19.3 Å². The highest BCUT2D eigenvalue weighted by Crippen LogP contribution is 2.36. The number of nitrogens with one attached hydrogen (secondary N) is 1. The van der Waals surface area contributed by atoms with Gasteiger partial charge in [0.15, 0.2) is 18.2 Å². The molecular formula is C24H22N3O3+. The Labute approximate surface area is 174 Å². The number of aromatic nitrogens is 1. The second-order valence-electron chi connectivity index (χ2n) is 7.71. The standard InChI is InChI=1S/C24H21N3O3/c1-24(2)23(30)25-19-10-6-7-11-20(19)27(24)21(28)16-26-14-12-18(13-15-26)22(29)17-8-4-3-5-9-17/h3-15H,16H2,1-2H3/p+1. The summed E-state index contributed by atoms with van der Waals surface area (Å²) in [5, 5.41) is 2.86. The third-order valence-electron chi connectivity index (χ3n) is 5.26. The topological polar surface area (TPSA) is 70.4 Å². The molecule has 0 atom stereocenters. The molecule has 0 aliphatic carbocycles. The lowest BCUT2D eigenvalue weighted by Crippen LogP contribution is -2.60. The van der Waals surface area contributed by atoms with Crippen LogP contribution < -0.4 is 14.8 Å². The van der Waals surface area contributed by atoms with Crippen LogP contribution in [0.4, 0.5) is 11.4 Å². The fourth-order valence-corrected chi connectivity index (χ4v) is 3.60. The molecule has 0 radical (unpaired) electrons.